The number of rotatable bonds is 1. The smallest absolute Gasteiger partial charge is 0.410 e. The molecule has 1 saturated carbocycles. The molecule has 2 fully saturated rings. The Balaban J connectivity index is 1.82. The number of Topliss-reactive ketones (excluding diaryl/α,β-unsaturated/α-hetero) is 1. The number of ketones is 1. The summed E-state index contributed by atoms with van der Waals surface area (Å²) in [5.41, 5.74) is -0.449. The minimum atomic E-state index is -0.449. The molecule has 2 aliphatic rings. The molecule has 1 aliphatic carbocycles. The third-order valence-corrected chi connectivity index (χ3v) is 3.68. The summed E-state index contributed by atoms with van der Waals surface area (Å²) in [6.07, 6.45) is 2.46. The zero-order valence-corrected chi connectivity index (χ0v) is 12.1. The largest absolute Gasteiger partial charge is 0.444 e. The molecule has 0 N–H and O–H groups in total. The average Bonchev–Trinajstić information content (AvgIpc) is 2.73. The van der Waals surface area contributed by atoms with Gasteiger partial charge in [-0.05, 0) is 33.6 Å². The van der Waals surface area contributed by atoms with Gasteiger partial charge in [0.2, 0.25) is 0 Å². The molecule has 0 radical (unpaired) electrons. The molecule has 0 spiro atoms. The second-order valence-electron chi connectivity index (χ2n) is 6.38. The third-order valence-electron chi connectivity index (χ3n) is 3.68. The van der Waals surface area contributed by atoms with Gasteiger partial charge in [0.1, 0.15) is 11.4 Å². The Morgan fingerprint density at radius 2 is 1.84 bits per heavy atom. The molecule has 1 saturated heterocycles. The standard InChI is InChI=1S/C14H24N2O3/c1-14(2,3)19-13(18)16-9-7-15(8-10-16)11-5-4-6-12(11)17/h11H,4-10H2,1-3H3. The Bertz CT molecular complexity index is 354. The number of carbonyl (C=O) groups is 2. The Kier molecular flexibility index (Phi) is 4.13. The second kappa shape index (κ2) is 5.49. The van der Waals surface area contributed by atoms with Gasteiger partial charge in [-0.1, -0.05) is 0 Å². The van der Waals surface area contributed by atoms with Crippen molar-refractivity contribution >= 4 is 11.9 Å². The highest BCUT2D eigenvalue weighted by atomic mass is 16.6. The summed E-state index contributed by atoms with van der Waals surface area (Å²) in [6, 6.07) is 0.0980. The van der Waals surface area contributed by atoms with Crippen molar-refractivity contribution in [2.45, 2.75) is 51.7 Å². The summed E-state index contributed by atoms with van der Waals surface area (Å²) >= 11 is 0. The van der Waals surface area contributed by atoms with Crippen molar-refractivity contribution in [3.8, 4) is 0 Å². The third kappa shape index (κ3) is 3.69. The molecule has 108 valence electrons. The van der Waals surface area contributed by atoms with Crippen LogP contribution in [0.2, 0.25) is 0 Å². The molecular weight excluding hydrogens is 244 g/mol. The van der Waals surface area contributed by atoms with Crippen LogP contribution in [-0.4, -0.2) is 59.5 Å². The minimum absolute atomic E-state index is 0.0980. The van der Waals surface area contributed by atoms with Crippen LogP contribution in [0.25, 0.3) is 0 Å². The molecular formula is C14H24N2O3. The van der Waals surface area contributed by atoms with E-state index in [1.54, 1.807) is 4.90 Å². The van der Waals surface area contributed by atoms with Gasteiger partial charge in [-0.3, -0.25) is 9.69 Å². The van der Waals surface area contributed by atoms with Gasteiger partial charge in [0, 0.05) is 32.6 Å². The number of ether oxygens (including phenoxy) is 1. The minimum Gasteiger partial charge on any atom is -0.444 e. The van der Waals surface area contributed by atoms with E-state index in [9.17, 15) is 9.59 Å². The first-order valence-electron chi connectivity index (χ1n) is 7.11. The number of nitrogens with zero attached hydrogens (tertiary/aromatic N) is 2. The molecule has 5 nitrogen and oxygen atoms in total. The highest BCUT2D eigenvalue weighted by molar-refractivity contribution is 5.85. The van der Waals surface area contributed by atoms with Gasteiger partial charge >= 0.3 is 6.09 Å². The van der Waals surface area contributed by atoms with Crippen molar-refractivity contribution in [1.82, 2.24) is 9.80 Å². The van der Waals surface area contributed by atoms with Crippen molar-refractivity contribution in [2.24, 2.45) is 0 Å². The maximum absolute atomic E-state index is 11.9. The normalized spacial score (nSPS) is 25.7. The van der Waals surface area contributed by atoms with E-state index >= 15 is 0 Å². The van der Waals surface area contributed by atoms with Crippen LogP contribution in [0.5, 0.6) is 0 Å². The SMILES string of the molecule is CC(C)(C)OC(=O)N1CCN(C2CCCC2=O)CC1. The lowest BCUT2D eigenvalue weighted by atomic mass is 10.1. The van der Waals surface area contributed by atoms with E-state index in [1.807, 2.05) is 20.8 Å². The van der Waals surface area contributed by atoms with E-state index in [-0.39, 0.29) is 12.1 Å². The van der Waals surface area contributed by atoms with E-state index < -0.39 is 5.60 Å². The van der Waals surface area contributed by atoms with E-state index in [0.717, 1.165) is 32.4 Å². The maximum atomic E-state index is 11.9. The molecule has 1 unspecified atom stereocenters. The molecule has 0 aromatic rings. The fourth-order valence-electron chi connectivity index (χ4n) is 2.73. The van der Waals surface area contributed by atoms with Crippen LogP contribution < -0.4 is 0 Å². The molecule has 1 heterocycles. The summed E-state index contributed by atoms with van der Waals surface area (Å²) in [5.74, 6) is 0.366. The predicted octanol–water partition coefficient (Wildman–Crippen LogP) is 1.66. The number of hydrogen-bond acceptors (Lipinski definition) is 4. The molecule has 5 heteroatoms. The van der Waals surface area contributed by atoms with E-state index in [4.69, 9.17) is 4.74 Å². The van der Waals surface area contributed by atoms with Crippen LogP contribution in [0.15, 0.2) is 0 Å². The van der Waals surface area contributed by atoms with Crippen molar-refractivity contribution in [3.05, 3.63) is 0 Å². The Morgan fingerprint density at radius 1 is 1.21 bits per heavy atom. The number of hydrogen-bond donors (Lipinski definition) is 0. The van der Waals surface area contributed by atoms with Crippen LogP contribution in [0.3, 0.4) is 0 Å². The highest BCUT2D eigenvalue weighted by Crippen LogP contribution is 2.22. The number of carbonyl (C=O) groups excluding carboxylic acids is 2. The quantitative estimate of drug-likeness (QED) is 0.726. The fraction of sp³-hybridized carbons (Fsp3) is 0.857. The number of piperazine rings is 1. The summed E-state index contributed by atoms with van der Waals surface area (Å²) in [7, 11) is 0. The molecule has 0 aromatic carbocycles. The summed E-state index contributed by atoms with van der Waals surface area (Å²) in [6.45, 7) is 8.47. The molecule has 0 bridgehead atoms. The zero-order valence-electron chi connectivity index (χ0n) is 12.1. The van der Waals surface area contributed by atoms with Gasteiger partial charge < -0.3 is 9.64 Å². The van der Waals surface area contributed by atoms with Crippen LogP contribution in [0.1, 0.15) is 40.0 Å². The Morgan fingerprint density at radius 3 is 2.32 bits per heavy atom. The first kappa shape index (κ1) is 14.3. The summed E-state index contributed by atoms with van der Waals surface area (Å²) < 4.78 is 5.36. The van der Waals surface area contributed by atoms with Crippen LogP contribution in [0.4, 0.5) is 4.79 Å². The van der Waals surface area contributed by atoms with Crippen LogP contribution in [0, 0.1) is 0 Å². The molecule has 19 heavy (non-hydrogen) atoms. The molecule has 1 aliphatic heterocycles. The Labute approximate surface area is 114 Å². The van der Waals surface area contributed by atoms with Crippen molar-refractivity contribution in [2.75, 3.05) is 26.2 Å². The average molecular weight is 268 g/mol. The second-order valence-corrected chi connectivity index (χ2v) is 6.38. The lowest BCUT2D eigenvalue weighted by molar-refractivity contribution is -0.122. The summed E-state index contributed by atoms with van der Waals surface area (Å²) in [5, 5.41) is 0. The maximum Gasteiger partial charge on any atom is 0.410 e. The molecule has 1 amide bonds. The van der Waals surface area contributed by atoms with Crippen molar-refractivity contribution < 1.29 is 14.3 Å². The van der Waals surface area contributed by atoms with Gasteiger partial charge in [-0.25, -0.2) is 4.79 Å². The van der Waals surface area contributed by atoms with Gasteiger partial charge in [0.05, 0.1) is 6.04 Å². The lowest BCUT2D eigenvalue weighted by Crippen LogP contribution is -2.53. The van der Waals surface area contributed by atoms with Crippen LogP contribution >= 0.6 is 0 Å². The first-order chi connectivity index (χ1) is 8.87. The van der Waals surface area contributed by atoms with E-state index in [0.29, 0.717) is 18.9 Å². The number of amides is 1. The molecule has 2 rings (SSSR count). The van der Waals surface area contributed by atoms with Crippen LogP contribution in [-0.2, 0) is 9.53 Å². The van der Waals surface area contributed by atoms with Gasteiger partial charge in [0.15, 0.2) is 0 Å². The monoisotopic (exact) mass is 268 g/mol. The Hall–Kier alpha value is -1.10. The van der Waals surface area contributed by atoms with E-state index in [2.05, 4.69) is 4.90 Å². The van der Waals surface area contributed by atoms with Crippen molar-refractivity contribution in [3.63, 3.8) is 0 Å². The van der Waals surface area contributed by atoms with E-state index in [1.165, 1.54) is 0 Å². The molecule has 0 aromatic heterocycles. The van der Waals surface area contributed by atoms with Crippen molar-refractivity contribution in [1.29, 1.82) is 0 Å². The predicted molar refractivity (Wildman–Crippen MR) is 72.0 cm³/mol. The zero-order chi connectivity index (χ0) is 14.0. The highest BCUT2D eigenvalue weighted by Gasteiger charge is 2.33. The fourth-order valence-corrected chi connectivity index (χ4v) is 2.73. The van der Waals surface area contributed by atoms with Gasteiger partial charge in [-0.15, -0.1) is 0 Å². The topological polar surface area (TPSA) is 49.9 Å². The molecule has 1 atom stereocenters. The lowest BCUT2D eigenvalue weighted by Gasteiger charge is -2.37. The first-order valence-corrected chi connectivity index (χ1v) is 7.11. The van der Waals surface area contributed by atoms with Gasteiger partial charge in [-0.2, -0.15) is 0 Å². The summed E-state index contributed by atoms with van der Waals surface area (Å²) in [4.78, 5) is 27.6. The van der Waals surface area contributed by atoms with Gasteiger partial charge in [0.25, 0.3) is 0 Å².